The fraction of sp³-hybridized carbons (Fsp3) is 0.600. The molecule has 1 unspecified atom stereocenters. The lowest BCUT2D eigenvalue weighted by Crippen LogP contribution is -2.19. The molecule has 1 aromatic rings. The molecule has 2 heterocycles. The van der Waals surface area contributed by atoms with E-state index in [1.807, 2.05) is 6.92 Å². The third-order valence-electron chi connectivity index (χ3n) is 2.24. The van der Waals surface area contributed by atoms with Gasteiger partial charge in [-0.05, 0) is 19.8 Å². The van der Waals surface area contributed by atoms with Gasteiger partial charge >= 0.3 is 0 Å². The summed E-state index contributed by atoms with van der Waals surface area (Å²) in [4.78, 5) is 8.55. The minimum atomic E-state index is 0.472. The van der Waals surface area contributed by atoms with Gasteiger partial charge in [-0.25, -0.2) is 9.97 Å². The number of hydrogen-bond acceptors (Lipinski definition) is 5. The van der Waals surface area contributed by atoms with Crippen LogP contribution in [-0.2, 0) is 4.74 Å². The van der Waals surface area contributed by atoms with Crippen LogP contribution in [0.2, 0.25) is 0 Å². The molecule has 0 amide bonds. The fourth-order valence-electron chi connectivity index (χ4n) is 1.57. The molecule has 0 saturated carbocycles. The van der Waals surface area contributed by atoms with Crippen LogP contribution in [0.25, 0.3) is 0 Å². The van der Waals surface area contributed by atoms with E-state index in [-0.39, 0.29) is 0 Å². The highest BCUT2D eigenvalue weighted by Gasteiger charge is 2.16. The second kappa shape index (κ2) is 4.81. The number of hydrogen-bond donors (Lipinski definition) is 1. The summed E-state index contributed by atoms with van der Waals surface area (Å²) >= 11 is 1.67. The van der Waals surface area contributed by atoms with Crippen molar-refractivity contribution in [2.24, 2.45) is 0 Å². The first-order valence-corrected chi connectivity index (χ1v) is 5.97. The van der Waals surface area contributed by atoms with Crippen LogP contribution < -0.4 is 5.73 Å². The summed E-state index contributed by atoms with van der Waals surface area (Å²) in [5, 5.41) is 1.24. The summed E-state index contributed by atoms with van der Waals surface area (Å²) in [6.07, 6.45) is 2.29. The van der Waals surface area contributed by atoms with Gasteiger partial charge in [0.25, 0.3) is 0 Å². The van der Waals surface area contributed by atoms with Crippen molar-refractivity contribution in [2.75, 3.05) is 18.9 Å². The zero-order valence-electron chi connectivity index (χ0n) is 8.77. The molecule has 2 rings (SSSR count). The van der Waals surface area contributed by atoms with E-state index in [0.717, 1.165) is 30.5 Å². The molecule has 0 aromatic carbocycles. The summed E-state index contributed by atoms with van der Waals surface area (Å²) in [5.74, 6) is 0.543. The summed E-state index contributed by atoms with van der Waals surface area (Å²) in [5.41, 5.74) is 6.59. The number of aromatic nitrogens is 2. The predicted molar refractivity (Wildman–Crippen MR) is 60.9 cm³/mol. The second-order valence-corrected chi connectivity index (χ2v) is 4.94. The summed E-state index contributed by atoms with van der Waals surface area (Å²) in [7, 11) is 0. The molecule has 1 aliphatic rings. The zero-order chi connectivity index (χ0) is 10.7. The molecule has 4 nitrogen and oxygen atoms in total. The van der Waals surface area contributed by atoms with Crippen LogP contribution >= 0.6 is 11.8 Å². The molecule has 1 atom stereocenters. The molecule has 15 heavy (non-hydrogen) atoms. The van der Waals surface area contributed by atoms with Gasteiger partial charge < -0.3 is 10.5 Å². The Hall–Kier alpha value is -0.810. The number of ether oxygens (including phenoxy) is 1. The van der Waals surface area contributed by atoms with E-state index in [9.17, 15) is 0 Å². The lowest BCUT2D eigenvalue weighted by Gasteiger charge is -2.20. The number of aryl methyl sites for hydroxylation is 1. The summed E-state index contributed by atoms with van der Waals surface area (Å²) in [6, 6.07) is 1.78. The maximum absolute atomic E-state index is 5.67. The number of rotatable bonds is 2. The van der Waals surface area contributed by atoms with Crippen molar-refractivity contribution in [1.82, 2.24) is 9.97 Å². The topological polar surface area (TPSA) is 61.0 Å². The highest BCUT2D eigenvalue weighted by molar-refractivity contribution is 7.99. The van der Waals surface area contributed by atoms with E-state index in [0.29, 0.717) is 11.1 Å². The van der Waals surface area contributed by atoms with Crippen molar-refractivity contribution in [1.29, 1.82) is 0 Å². The van der Waals surface area contributed by atoms with Gasteiger partial charge in [0.05, 0.1) is 6.61 Å². The highest BCUT2D eigenvalue weighted by atomic mass is 32.2. The molecular weight excluding hydrogens is 210 g/mol. The van der Waals surface area contributed by atoms with E-state index in [1.165, 1.54) is 6.42 Å². The molecule has 0 spiro atoms. The Balaban J connectivity index is 2.02. The zero-order valence-corrected chi connectivity index (χ0v) is 9.59. The van der Waals surface area contributed by atoms with Crippen molar-refractivity contribution < 1.29 is 4.74 Å². The largest absolute Gasteiger partial charge is 0.384 e. The molecule has 82 valence electrons. The van der Waals surface area contributed by atoms with Crippen molar-refractivity contribution >= 4 is 17.6 Å². The van der Waals surface area contributed by atoms with E-state index in [1.54, 1.807) is 17.8 Å². The van der Waals surface area contributed by atoms with Crippen LogP contribution in [0.15, 0.2) is 11.2 Å². The molecule has 0 bridgehead atoms. The molecule has 2 N–H and O–H groups in total. The molecule has 0 aliphatic carbocycles. The molecule has 0 radical (unpaired) electrons. The fourth-order valence-corrected chi connectivity index (χ4v) is 2.67. The van der Waals surface area contributed by atoms with Crippen LogP contribution in [0.1, 0.15) is 18.5 Å². The minimum Gasteiger partial charge on any atom is -0.384 e. The Labute approximate surface area is 93.6 Å². The number of nitrogens with two attached hydrogens (primary N) is 1. The van der Waals surface area contributed by atoms with Crippen molar-refractivity contribution in [2.45, 2.75) is 30.2 Å². The smallest absolute Gasteiger partial charge is 0.190 e. The number of nitrogen functional groups attached to an aromatic ring is 1. The Kier molecular flexibility index (Phi) is 3.43. The van der Waals surface area contributed by atoms with Gasteiger partial charge in [-0.2, -0.15) is 0 Å². The average molecular weight is 225 g/mol. The first-order chi connectivity index (χ1) is 7.24. The first-order valence-electron chi connectivity index (χ1n) is 5.09. The van der Waals surface area contributed by atoms with E-state index >= 15 is 0 Å². The lowest BCUT2D eigenvalue weighted by molar-refractivity contribution is 0.101. The van der Waals surface area contributed by atoms with E-state index in [2.05, 4.69) is 9.97 Å². The quantitative estimate of drug-likeness (QED) is 0.775. The van der Waals surface area contributed by atoms with Crippen LogP contribution in [0.5, 0.6) is 0 Å². The van der Waals surface area contributed by atoms with Crippen molar-refractivity contribution in [3.8, 4) is 0 Å². The summed E-state index contributed by atoms with van der Waals surface area (Å²) in [6.45, 7) is 3.61. The molecule has 5 heteroatoms. The number of thioether (sulfide) groups is 1. The predicted octanol–water partition coefficient (Wildman–Crippen LogP) is 1.64. The third kappa shape index (κ3) is 3.07. The highest BCUT2D eigenvalue weighted by Crippen LogP contribution is 2.26. The Bertz CT molecular complexity index is 319. The molecule has 1 fully saturated rings. The maximum Gasteiger partial charge on any atom is 0.190 e. The monoisotopic (exact) mass is 225 g/mol. The maximum atomic E-state index is 5.67. The van der Waals surface area contributed by atoms with Crippen molar-refractivity contribution in [3.63, 3.8) is 0 Å². The standard InChI is InChI=1S/C10H15N3OS/c1-7-5-9(11)13-10(12-7)15-8-3-2-4-14-6-8/h5,8H,2-4,6H2,1H3,(H2,11,12,13). The lowest BCUT2D eigenvalue weighted by atomic mass is 10.2. The number of nitrogens with zero attached hydrogens (tertiary/aromatic N) is 2. The Morgan fingerprint density at radius 1 is 1.53 bits per heavy atom. The average Bonchev–Trinajstić information content (AvgIpc) is 2.17. The van der Waals surface area contributed by atoms with Gasteiger partial charge in [-0.3, -0.25) is 0 Å². The van der Waals surface area contributed by atoms with Crippen LogP contribution in [0, 0.1) is 6.92 Å². The van der Waals surface area contributed by atoms with Gasteiger partial charge in [-0.15, -0.1) is 0 Å². The molecule has 1 aliphatic heterocycles. The van der Waals surface area contributed by atoms with Gasteiger partial charge in [0.15, 0.2) is 5.16 Å². The van der Waals surface area contributed by atoms with E-state index in [4.69, 9.17) is 10.5 Å². The first kappa shape index (κ1) is 10.7. The SMILES string of the molecule is Cc1cc(N)nc(SC2CCCOC2)n1. The van der Waals surface area contributed by atoms with Crippen LogP contribution in [0.3, 0.4) is 0 Å². The Morgan fingerprint density at radius 2 is 2.40 bits per heavy atom. The van der Waals surface area contributed by atoms with Gasteiger partial charge in [0.1, 0.15) is 5.82 Å². The molecular formula is C10H15N3OS. The normalized spacial score (nSPS) is 21.5. The third-order valence-corrected chi connectivity index (χ3v) is 3.34. The molecule has 1 saturated heterocycles. The van der Waals surface area contributed by atoms with Crippen molar-refractivity contribution in [3.05, 3.63) is 11.8 Å². The van der Waals surface area contributed by atoms with Crippen LogP contribution in [-0.4, -0.2) is 28.4 Å². The van der Waals surface area contributed by atoms with Gasteiger partial charge in [-0.1, -0.05) is 11.8 Å². The second-order valence-electron chi connectivity index (χ2n) is 3.67. The molecule has 1 aromatic heterocycles. The van der Waals surface area contributed by atoms with Gasteiger partial charge in [0, 0.05) is 23.6 Å². The minimum absolute atomic E-state index is 0.472. The van der Waals surface area contributed by atoms with Crippen LogP contribution in [0.4, 0.5) is 5.82 Å². The Morgan fingerprint density at radius 3 is 3.07 bits per heavy atom. The summed E-state index contributed by atoms with van der Waals surface area (Å²) < 4.78 is 5.41. The number of anilines is 1. The van der Waals surface area contributed by atoms with Gasteiger partial charge in [0.2, 0.25) is 0 Å². The van der Waals surface area contributed by atoms with E-state index < -0.39 is 0 Å².